The second-order valence-corrected chi connectivity index (χ2v) is 8.00. The zero-order valence-electron chi connectivity index (χ0n) is 18.5. The standard InChI is InChI=1S/C24H27F3O5S/c1-4-12-30-20(14-31-19-8-6-18(7-9-19)24(25,26)27)16-33-21-10-11-22(17(3)13-21)32-15-23(28)29-5-2/h4,6-11,13,20H,1,5,12,14-16H2,2-3H3. The van der Waals surface area contributed by atoms with Crippen molar-refractivity contribution < 1.29 is 36.9 Å². The van der Waals surface area contributed by atoms with Gasteiger partial charge in [-0.15, -0.1) is 18.3 Å². The van der Waals surface area contributed by atoms with Crippen molar-refractivity contribution in [2.75, 3.05) is 32.2 Å². The van der Waals surface area contributed by atoms with Gasteiger partial charge >= 0.3 is 12.1 Å². The molecule has 0 amide bonds. The Balaban J connectivity index is 1.91. The smallest absolute Gasteiger partial charge is 0.416 e. The highest BCUT2D eigenvalue weighted by Crippen LogP contribution is 2.30. The summed E-state index contributed by atoms with van der Waals surface area (Å²) in [5.41, 5.74) is 0.142. The largest absolute Gasteiger partial charge is 0.491 e. The third-order valence-electron chi connectivity index (χ3n) is 4.30. The molecule has 33 heavy (non-hydrogen) atoms. The van der Waals surface area contributed by atoms with Crippen LogP contribution in [-0.4, -0.2) is 44.3 Å². The van der Waals surface area contributed by atoms with Crippen LogP contribution in [0.1, 0.15) is 18.1 Å². The van der Waals surface area contributed by atoms with Crippen LogP contribution in [0.3, 0.4) is 0 Å². The molecule has 9 heteroatoms. The van der Waals surface area contributed by atoms with E-state index in [0.29, 0.717) is 30.5 Å². The molecule has 0 aliphatic rings. The third-order valence-corrected chi connectivity index (χ3v) is 5.43. The number of carbonyl (C=O) groups is 1. The molecule has 1 unspecified atom stereocenters. The molecule has 0 saturated heterocycles. The molecule has 0 N–H and O–H groups in total. The summed E-state index contributed by atoms with van der Waals surface area (Å²) in [6.07, 6.45) is -3.08. The van der Waals surface area contributed by atoms with Gasteiger partial charge in [-0.1, -0.05) is 6.08 Å². The monoisotopic (exact) mass is 484 g/mol. The fourth-order valence-corrected chi connectivity index (χ4v) is 3.68. The van der Waals surface area contributed by atoms with Crippen molar-refractivity contribution in [2.24, 2.45) is 0 Å². The molecular formula is C24H27F3O5S. The summed E-state index contributed by atoms with van der Waals surface area (Å²) in [6, 6.07) is 10.1. The molecule has 180 valence electrons. The second kappa shape index (κ2) is 13.2. The minimum atomic E-state index is -4.39. The van der Waals surface area contributed by atoms with E-state index in [4.69, 9.17) is 18.9 Å². The Labute approximate surface area is 195 Å². The van der Waals surface area contributed by atoms with Gasteiger partial charge in [0.2, 0.25) is 0 Å². The van der Waals surface area contributed by atoms with Gasteiger partial charge in [0, 0.05) is 10.6 Å². The number of rotatable bonds is 13. The first-order valence-electron chi connectivity index (χ1n) is 10.3. The first kappa shape index (κ1) is 26.6. The van der Waals surface area contributed by atoms with E-state index in [0.717, 1.165) is 22.6 Å². The van der Waals surface area contributed by atoms with Crippen LogP contribution in [0.25, 0.3) is 0 Å². The average Bonchev–Trinajstić information content (AvgIpc) is 2.78. The first-order valence-corrected chi connectivity index (χ1v) is 11.3. The summed E-state index contributed by atoms with van der Waals surface area (Å²) in [5, 5.41) is 0. The zero-order chi connectivity index (χ0) is 24.3. The molecule has 0 aliphatic heterocycles. The molecule has 0 saturated carbocycles. The van der Waals surface area contributed by atoms with Crippen molar-refractivity contribution >= 4 is 17.7 Å². The van der Waals surface area contributed by atoms with E-state index < -0.39 is 17.7 Å². The molecular weight excluding hydrogens is 457 g/mol. The molecule has 0 fully saturated rings. The predicted molar refractivity (Wildman–Crippen MR) is 121 cm³/mol. The highest BCUT2D eigenvalue weighted by Gasteiger charge is 2.30. The minimum Gasteiger partial charge on any atom is -0.491 e. The minimum absolute atomic E-state index is 0.153. The van der Waals surface area contributed by atoms with Gasteiger partial charge in [0.05, 0.1) is 18.8 Å². The van der Waals surface area contributed by atoms with Gasteiger partial charge in [-0.2, -0.15) is 13.2 Å². The van der Waals surface area contributed by atoms with E-state index in [1.165, 1.54) is 12.1 Å². The van der Waals surface area contributed by atoms with Crippen molar-refractivity contribution in [3.8, 4) is 11.5 Å². The average molecular weight is 485 g/mol. The van der Waals surface area contributed by atoms with Crippen molar-refractivity contribution in [3.05, 3.63) is 66.2 Å². The van der Waals surface area contributed by atoms with Crippen LogP contribution in [0.4, 0.5) is 13.2 Å². The summed E-state index contributed by atoms with van der Waals surface area (Å²) < 4.78 is 59.8. The Morgan fingerprint density at radius 3 is 2.48 bits per heavy atom. The van der Waals surface area contributed by atoms with Crippen LogP contribution in [0.5, 0.6) is 11.5 Å². The number of esters is 1. The maximum atomic E-state index is 12.7. The van der Waals surface area contributed by atoms with Crippen molar-refractivity contribution in [1.82, 2.24) is 0 Å². The van der Waals surface area contributed by atoms with E-state index in [1.807, 2.05) is 19.1 Å². The van der Waals surface area contributed by atoms with Gasteiger partial charge in [-0.3, -0.25) is 0 Å². The number of benzene rings is 2. The van der Waals surface area contributed by atoms with Crippen LogP contribution < -0.4 is 9.47 Å². The van der Waals surface area contributed by atoms with Crippen molar-refractivity contribution in [3.63, 3.8) is 0 Å². The lowest BCUT2D eigenvalue weighted by Crippen LogP contribution is -2.24. The highest BCUT2D eigenvalue weighted by atomic mass is 32.2. The number of ether oxygens (including phenoxy) is 4. The van der Waals surface area contributed by atoms with E-state index in [9.17, 15) is 18.0 Å². The Morgan fingerprint density at radius 2 is 1.88 bits per heavy atom. The van der Waals surface area contributed by atoms with Crippen LogP contribution in [-0.2, 0) is 20.4 Å². The number of aryl methyl sites for hydroxylation is 1. The van der Waals surface area contributed by atoms with Crippen LogP contribution >= 0.6 is 11.8 Å². The Morgan fingerprint density at radius 1 is 1.15 bits per heavy atom. The van der Waals surface area contributed by atoms with Gasteiger partial charge in [-0.25, -0.2) is 4.79 Å². The van der Waals surface area contributed by atoms with Crippen LogP contribution in [0.15, 0.2) is 60.0 Å². The fraction of sp³-hybridized carbons (Fsp3) is 0.375. The number of hydrogen-bond donors (Lipinski definition) is 0. The first-order chi connectivity index (χ1) is 15.7. The van der Waals surface area contributed by atoms with E-state index in [2.05, 4.69) is 6.58 Å². The van der Waals surface area contributed by atoms with Gasteiger partial charge in [-0.05, 0) is 61.9 Å². The predicted octanol–water partition coefficient (Wildman–Crippen LogP) is 5.70. The van der Waals surface area contributed by atoms with Crippen LogP contribution in [0.2, 0.25) is 0 Å². The lowest BCUT2D eigenvalue weighted by Gasteiger charge is -2.18. The van der Waals surface area contributed by atoms with E-state index >= 15 is 0 Å². The molecule has 0 radical (unpaired) electrons. The molecule has 5 nitrogen and oxygen atoms in total. The summed E-state index contributed by atoms with van der Waals surface area (Å²) in [4.78, 5) is 12.4. The highest BCUT2D eigenvalue weighted by molar-refractivity contribution is 7.99. The van der Waals surface area contributed by atoms with Crippen molar-refractivity contribution in [2.45, 2.75) is 31.0 Å². The van der Waals surface area contributed by atoms with Gasteiger partial charge < -0.3 is 18.9 Å². The number of alkyl halides is 3. The molecule has 1 atom stereocenters. The molecule has 0 bridgehead atoms. The zero-order valence-corrected chi connectivity index (χ0v) is 19.3. The Hall–Kier alpha value is -2.65. The Bertz CT molecular complexity index is 900. The fourth-order valence-electron chi connectivity index (χ4n) is 2.68. The maximum absolute atomic E-state index is 12.7. The molecule has 0 heterocycles. The third kappa shape index (κ3) is 9.39. The molecule has 0 aromatic heterocycles. The Kier molecular flexibility index (Phi) is 10.6. The number of thioether (sulfide) groups is 1. The molecule has 2 rings (SSSR count). The SMILES string of the molecule is C=CCOC(COc1ccc(C(F)(F)F)cc1)CSc1ccc(OCC(=O)OCC)c(C)c1. The lowest BCUT2D eigenvalue weighted by molar-refractivity contribution is -0.145. The lowest BCUT2D eigenvalue weighted by atomic mass is 10.2. The molecule has 2 aromatic rings. The molecule has 0 aliphatic carbocycles. The summed E-state index contributed by atoms with van der Waals surface area (Å²) in [7, 11) is 0. The van der Waals surface area contributed by atoms with Gasteiger partial charge in [0.15, 0.2) is 6.61 Å². The van der Waals surface area contributed by atoms with E-state index in [-0.39, 0.29) is 19.3 Å². The van der Waals surface area contributed by atoms with Gasteiger partial charge in [0.1, 0.15) is 24.2 Å². The number of halogens is 3. The maximum Gasteiger partial charge on any atom is 0.416 e. The quantitative estimate of drug-likeness (QED) is 0.207. The number of carbonyl (C=O) groups excluding carboxylic acids is 1. The second-order valence-electron chi connectivity index (χ2n) is 6.91. The van der Waals surface area contributed by atoms with Crippen LogP contribution in [0, 0.1) is 6.92 Å². The van der Waals surface area contributed by atoms with Crippen molar-refractivity contribution in [1.29, 1.82) is 0 Å². The molecule has 2 aromatic carbocycles. The van der Waals surface area contributed by atoms with Gasteiger partial charge in [0.25, 0.3) is 0 Å². The topological polar surface area (TPSA) is 54.0 Å². The summed E-state index contributed by atoms with van der Waals surface area (Å²) in [5.74, 6) is 1.05. The number of hydrogen-bond acceptors (Lipinski definition) is 6. The van der Waals surface area contributed by atoms with E-state index in [1.54, 1.807) is 30.8 Å². The normalized spacial score (nSPS) is 12.2. The summed E-state index contributed by atoms with van der Waals surface area (Å²) in [6.45, 7) is 7.89. The molecule has 0 spiro atoms. The summed E-state index contributed by atoms with van der Waals surface area (Å²) >= 11 is 1.54.